The Bertz CT molecular complexity index is 960. The Morgan fingerprint density at radius 2 is 2.00 bits per heavy atom. The van der Waals surface area contributed by atoms with Crippen molar-refractivity contribution in [3.63, 3.8) is 0 Å². The molecule has 3 aromatic rings. The Kier molecular flexibility index (Phi) is 5.61. The number of anilines is 1. The Morgan fingerprint density at radius 1 is 1.26 bits per heavy atom. The number of para-hydroxylation sites is 2. The first-order valence-corrected chi connectivity index (χ1v) is 8.66. The van der Waals surface area contributed by atoms with Crippen molar-refractivity contribution in [3.8, 4) is 11.4 Å². The van der Waals surface area contributed by atoms with E-state index in [1.165, 1.54) is 22.9 Å². The fourth-order valence-electron chi connectivity index (χ4n) is 2.21. The number of rotatable bonds is 7. The molecule has 1 amide bonds. The highest BCUT2D eigenvalue weighted by atomic mass is 32.2. The van der Waals surface area contributed by atoms with Gasteiger partial charge in [-0.2, -0.15) is 4.68 Å². The van der Waals surface area contributed by atoms with E-state index in [0.29, 0.717) is 16.6 Å². The van der Waals surface area contributed by atoms with Crippen LogP contribution < -0.4 is 10.1 Å². The first kappa shape index (κ1) is 18.3. The van der Waals surface area contributed by atoms with Crippen molar-refractivity contribution in [2.75, 3.05) is 18.2 Å². The van der Waals surface area contributed by atoms with Crippen molar-refractivity contribution in [2.24, 2.45) is 0 Å². The third kappa shape index (κ3) is 4.39. The molecule has 3 rings (SSSR count). The highest BCUT2D eigenvalue weighted by Crippen LogP contribution is 2.24. The molecule has 1 aromatic heterocycles. The van der Waals surface area contributed by atoms with E-state index in [0.717, 1.165) is 11.8 Å². The van der Waals surface area contributed by atoms with E-state index >= 15 is 0 Å². The summed E-state index contributed by atoms with van der Waals surface area (Å²) in [6, 6.07) is 13.1. The molecule has 0 radical (unpaired) electrons. The van der Waals surface area contributed by atoms with E-state index < -0.39 is 10.8 Å². The first-order chi connectivity index (χ1) is 13.1. The predicted molar refractivity (Wildman–Crippen MR) is 98.2 cm³/mol. The van der Waals surface area contributed by atoms with Gasteiger partial charge in [-0.1, -0.05) is 23.9 Å². The molecule has 138 valence electrons. The average molecular weight is 386 g/mol. The largest absolute Gasteiger partial charge is 0.497 e. The monoisotopic (exact) mass is 386 g/mol. The van der Waals surface area contributed by atoms with Gasteiger partial charge in [0.2, 0.25) is 11.1 Å². The lowest BCUT2D eigenvalue weighted by atomic mass is 10.2. The molecule has 0 aliphatic heterocycles. The zero-order chi connectivity index (χ0) is 19.2. The lowest BCUT2D eigenvalue weighted by Gasteiger charge is -2.07. The lowest BCUT2D eigenvalue weighted by Crippen LogP contribution is -2.15. The van der Waals surface area contributed by atoms with Crippen LogP contribution in [0.4, 0.5) is 11.4 Å². The van der Waals surface area contributed by atoms with Crippen LogP contribution in [0.2, 0.25) is 0 Å². The maximum atomic E-state index is 12.2. The van der Waals surface area contributed by atoms with Crippen LogP contribution in [-0.4, -0.2) is 43.9 Å². The SMILES string of the molecule is COc1ccc(-n2nnnc2SCC(=O)Nc2ccccc2[N+](=O)[O-])cc1. The summed E-state index contributed by atoms with van der Waals surface area (Å²) in [5.41, 5.74) is 0.684. The van der Waals surface area contributed by atoms with Crippen LogP contribution in [0.5, 0.6) is 5.75 Å². The molecular formula is C16H14N6O4S. The molecule has 11 heteroatoms. The van der Waals surface area contributed by atoms with E-state index in [-0.39, 0.29) is 17.1 Å². The standard InChI is InChI=1S/C16H14N6O4S/c1-26-12-8-6-11(7-9-12)21-16(18-19-20-21)27-10-15(23)17-13-4-2-3-5-14(13)22(24)25/h2-9H,10H2,1H3,(H,17,23). The van der Waals surface area contributed by atoms with Crippen molar-refractivity contribution in [1.29, 1.82) is 0 Å². The fourth-order valence-corrected chi connectivity index (χ4v) is 2.90. The number of aromatic nitrogens is 4. The molecular weight excluding hydrogens is 372 g/mol. The van der Waals surface area contributed by atoms with E-state index in [4.69, 9.17) is 4.74 Å². The van der Waals surface area contributed by atoms with Crippen molar-refractivity contribution >= 4 is 29.0 Å². The zero-order valence-electron chi connectivity index (χ0n) is 14.1. The van der Waals surface area contributed by atoms with Gasteiger partial charge in [-0.25, -0.2) is 0 Å². The average Bonchev–Trinajstić information content (AvgIpc) is 3.15. The summed E-state index contributed by atoms with van der Waals surface area (Å²) in [4.78, 5) is 22.6. The number of hydrogen-bond donors (Lipinski definition) is 1. The molecule has 0 saturated heterocycles. The summed E-state index contributed by atoms with van der Waals surface area (Å²) >= 11 is 1.11. The van der Waals surface area contributed by atoms with Crippen molar-refractivity contribution < 1.29 is 14.5 Å². The number of hydrogen-bond acceptors (Lipinski definition) is 8. The van der Waals surface area contributed by atoms with Gasteiger partial charge in [-0.15, -0.1) is 5.10 Å². The maximum absolute atomic E-state index is 12.2. The topological polar surface area (TPSA) is 125 Å². The molecule has 2 aromatic carbocycles. The molecule has 0 aliphatic rings. The number of thioether (sulfide) groups is 1. The Labute approximate surface area is 157 Å². The summed E-state index contributed by atoms with van der Waals surface area (Å²) in [7, 11) is 1.57. The van der Waals surface area contributed by atoms with Crippen LogP contribution in [-0.2, 0) is 4.79 Å². The number of nitrogens with one attached hydrogen (secondary N) is 1. The number of carbonyl (C=O) groups is 1. The summed E-state index contributed by atoms with van der Waals surface area (Å²) in [6.45, 7) is 0. The summed E-state index contributed by atoms with van der Waals surface area (Å²) in [5.74, 6) is 0.284. The quantitative estimate of drug-likeness (QED) is 0.372. The second kappa shape index (κ2) is 8.27. The molecule has 0 fully saturated rings. The van der Waals surface area contributed by atoms with Crippen LogP contribution in [0.3, 0.4) is 0 Å². The minimum atomic E-state index is -0.549. The smallest absolute Gasteiger partial charge is 0.292 e. The molecule has 27 heavy (non-hydrogen) atoms. The van der Waals surface area contributed by atoms with Gasteiger partial charge in [0.05, 0.1) is 23.5 Å². The molecule has 10 nitrogen and oxygen atoms in total. The molecule has 0 aliphatic carbocycles. The second-order valence-electron chi connectivity index (χ2n) is 5.18. The summed E-state index contributed by atoms with van der Waals surface area (Å²) in [6.07, 6.45) is 0. The molecule has 0 spiro atoms. The van der Waals surface area contributed by atoms with Crippen LogP contribution >= 0.6 is 11.8 Å². The fraction of sp³-hybridized carbons (Fsp3) is 0.125. The zero-order valence-corrected chi connectivity index (χ0v) is 14.9. The van der Waals surface area contributed by atoms with Gasteiger partial charge < -0.3 is 10.1 Å². The van der Waals surface area contributed by atoms with Gasteiger partial charge in [0, 0.05) is 6.07 Å². The van der Waals surface area contributed by atoms with Crippen LogP contribution in [0.15, 0.2) is 53.7 Å². The van der Waals surface area contributed by atoms with E-state index in [1.54, 1.807) is 37.4 Å². The number of amides is 1. The van der Waals surface area contributed by atoms with E-state index in [2.05, 4.69) is 20.8 Å². The van der Waals surface area contributed by atoms with Crippen molar-refractivity contribution in [2.45, 2.75) is 5.16 Å². The minimum absolute atomic E-state index is 0.0113. The third-order valence-corrected chi connectivity index (χ3v) is 4.38. The Hall–Kier alpha value is -3.47. The first-order valence-electron chi connectivity index (χ1n) is 7.67. The highest BCUT2D eigenvalue weighted by molar-refractivity contribution is 7.99. The molecule has 1 N–H and O–H groups in total. The molecule has 1 heterocycles. The predicted octanol–water partition coefficient (Wildman–Crippen LogP) is 2.31. The van der Waals surface area contributed by atoms with Crippen molar-refractivity contribution in [3.05, 3.63) is 58.6 Å². The maximum Gasteiger partial charge on any atom is 0.292 e. The van der Waals surface area contributed by atoms with Gasteiger partial charge in [0.1, 0.15) is 11.4 Å². The van der Waals surface area contributed by atoms with Crippen molar-refractivity contribution in [1.82, 2.24) is 20.2 Å². The normalized spacial score (nSPS) is 10.4. The van der Waals surface area contributed by atoms with Crippen LogP contribution in [0.25, 0.3) is 5.69 Å². The minimum Gasteiger partial charge on any atom is -0.497 e. The van der Waals surface area contributed by atoms with Gasteiger partial charge in [-0.05, 0) is 40.8 Å². The highest BCUT2D eigenvalue weighted by Gasteiger charge is 2.16. The number of nitrogens with zero attached hydrogens (tertiary/aromatic N) is 5. The molecule has 0 atom stereocenters. The molecule has 0 bridgehead atoms. The Morgan fingerprint density at radius 3 is 2.70 bits per heavy atom. The molecule has 0 saturated carbocycles. The number of nitro benzene ring substituents is 1. The van der Waals surface area contributed by atoms with Crippen LogP contribution in [0.1, 0.15) is 0 Å². The lowest BCUT2D eigenvalue weighted by molar-refractivity contribution is -0.383. The van der Waals surface area contributed by atoms with Gasteiger partial charge >= 0.3 is 0 Å². The molecule has 0 unspecified atom stereocenters. The summed E-state index contributed by atoms with van der Waals surface area (Å²) in [5, 5.41) is 25.4. The number of carbonyl (C=O) groups excluding carboxylic acids is 1. The van der Waals surface area contributed by atoms with Gasteiger partial charge in [-0.3, -0.25) is 14.9 Å². The van der Waals surface area contributed by atoms with E-state index in [9.17, 15) is 14.9 Å². The number of nitro groups is 1. The van der Waals surface area contributed by atoms with Gasteiger partial charge in [0.25, 0.3) is 5.69 Å². The van der Waals surface area contributed by atoms with Crippen LogP contribution in [0, 0.1) is 10.1 Å². The second-order valence-corrected chi connectivity index (χ2v) is 6.12. The van der Waals surface area contributed by atoms with Gasteiger partial charge in [0.15, 0.2) is 0 Å². The number of methoxy groups -OCH3 is 1. The Balaban J connectivity index is 1.66. The number of benzene rings is 2. The third-order valence-electron chi connectivity index (χ3n) is 3.47. The summed E-state index contributed by atoms with van der Waals surface area (Å²) < 4.78 is 6.60. The van der Waals surface area contributed by atoms with E-state index in [1.807, 2.05) is 0 Å². The number of tetrazole rings is 1. The number of ether oxygens (including phenoxy) is 1.